The summed E-state index contributed by atoms with van der Waals surface area (Å²) in [6, 6.07) is 10.5. The van der Waals surface area contributed by atoms with Gasteiger partial charge < -0.3 is 10.1 Å². The van der Waals surface area contributed by atoms with Crippen LogP contribution in [0.1, 0.15) is 21.7 Å². The maximum absolute atomic E-state index is 13.8. The number of carbonyl (C=O) groups excluding carboxylic acids is 1. The van der Waals surface area contributed by atoms with Gasteiger partial charge in [-0.1, -0.05) is 17.7 Å². The molecule has 182 valence electrons. The van der Waals surface area contributed by atoms with Crippen LogP contribution in [0.4, 0.5) is 32.0 Å². The molecular formula is C22H13ClF6N4O2. The normalized spacial score (nSPS) is 12.1. The maximum Gasteiger partial charge on any atom is 0.433 e. The molecule has 1 amide bonds. The van der Waals surface area contributed by atoms with E-state index in [-0.39, 0.29) is 11.4 Å². The molecule has 0 saturated carbocycles. The molecule has 0 fully saturated rings. The average molecular weight is 515 g/mol. The minimum absolute atomic E-state index is 0.0980. The van der Waals surface area contributed by atoms with Crippen molar-refractivity contribution in [3.8, 4) is 17.0 Å². The number of nitrogens with one attached hydrogen (secondary N) is 1. The second-order valence-corrected chi connectivity index (χ2v) is 7.56. The summed E-state index contributed by atoms with van der Waals surface area (Å²) in [4.78, 5) is 16.8. The molecule has 35 heavy (non-hydrogen) atoms. The fourth-order valence-electron chi connectivity index (χ4n) is 3.21. The van der Waals surface area contributed by atoms with Crippen LogP contribution < -0.4 is 10.1 Å². The Kier molecular flexibility index (Phi) is 6.09. The monoisotopic (exact) mass is 514 g/mol. The molecule has 0 atom stereocenters. The molecule has 2 aromatic heterocycles. The van der Waals surface area contributed by atoms with Crippen molar-refractivity contribution in [2.45, 2.75) is 12.4 Å². The molecule has 0 bridgehead atoms. The summed E-state index contributed by atoms with van der Waals surface area (Å²) >= 11 is 6.18. The van der Waals surface area contributed by atoms with Gasteiger partial charge in [0.25, 0.3) is 5.91 Å². The third kappa shape index (κ3) is 4.87. The Bertz CT molecular complexity index is 1410. The molecule has 0 aliphatic heterocycles. The van der Waals surface area contributed by atoms with Gasteiger partial charge in [-0.15, -0.1) is 0 Å². The first kappa shape index (κ1) is 24.3. The number of amides is 1. The van der Waals surface area contributed by atoms with Crippen LogP contribution in [0.3, 0.4) is 0 Å². The molecule has 0 aliphatic carbocycles. The van der Waals surface area contributed by atoms with E-state index >= 15 is 0 Å². The quantitative estimate of drug-likeness (QED) is 0.322. The zero-order valence-electron chi connectivity index (χ0n) is 17.5. The van der Waals surface area contributed by atoms with Gasteiger partial charge in [0, 0.05) is 11.3 Å². The van der Waals surface area contributed by atoms with Crippen molar-refractivity contribution in [2.75, 3.05) is 12.4 Å². The number of carbonyl (C=O) groups is 1. The third-order valence-corrected chi connectivity index (χ3v) is 5.22. The molecule has 13 heteroatoms. The summed E-state index contributed by atoms with van der Waals surface area (Å²) in [7, 11) is 1.43. The summed E-state index contributed by atoms with van der Waals surface area (Å²) in [6.45, 7) is 0. The molecule has 0 radical (unpaired) electrons. The van der Waals surface area contributed by atoms with Crippen LogP contribution in [-0.2, 0) is 12.4 Å². The van der Waals surface area contributed by atoms with Gasteiger partial charge in [0.1, 0.15) is 10.8 Å². The molecule has 0 unspecified atom stereocenters. The zero-order valence-corrected chi connectivity index (χ0v) is 18.3. The number of benzene rings is 2. The van der Waals surface area contributed by atoms with Crippen molar-refractivity contribution < 1.29 is 35.9 Å². The largest absolute Gasteiger partial charge is 0.497 e. The third-order valence-electron chi connectivity index (χ3n) is 4.87. The van der Waals surface area contributed by atoms with Gasteiger partial charge in [-0.05, 0) is 48.5 Å². The number of rotatable bonds is 4. The van der Waals surface area contributed by atoms with Crippen molar-refractivity contribution in [3.63, 3.8) is 0 Å². The molecule has 0 spiro atoms. The Hall–Kier alpha value is -3.80. The lowest BCUT2D eigenvalue weighted by Gasteiger charge is -2.11. The highest BCUT2D eigenvalue weighted by Crippen LogP contribution is 2.35. The number of hydrogen-bond donors (Lipinski definition) is 1. The number of hydrogen-bond acceptors (Lipinski definition) is 4. The minimum atomic E-state index is -4.90. The maximum atomic E-state index is 13.8. The lowest BCUT2D eigenvalue weighted by molar-refractivity contribution is -0.142. The summed E-state index contributed by atoms with van der Waals surface area (Å²) in [6.07, 6.45) is -9.56. The van der Waals surface area contributed by atoms with Crippen molar-refractivity contribution in [2.24, 2.45) is 0 Å². The van der Waals surface area contributed by atoms with Crippen LogP contribution in [0.5, 0.6) is 5.75 Å². The number of nitrogens with zero attached hydrogens (tertiary/aromatic N) is 3. The number of fused-ring (bicyclic) bond motifs is 1. The average Bonchev–Trinajstić information content (AvgIpc) is 3.14. The Morgan fingerprint density at radius 1 is 1.00 bits per heavy atom. The van der Waals surface area contributed by atoms with Gasteiger partial charge in [-0.25, -0.2) is 9.50 Å². The number of alkyl halides is 6. The smallest absolute Gasteiger partial charge is 0.433 e. The Morgan fingerprint density at radius 2 is 1.69 bits per heavy atom. The summed E-state index contributed by atoms with van der Waals surface area (Å²) in [5.41, 5.74) is -3.42. The minimum Gasteiger partial charge on any atom is -0.497 e. The van der Waals surface area contributed by atoms with Crippen LogP contribution in [0.2, 0.25) is 5.02 Å². The van der Waals surface area contributed by atoms with Gasteiger partial charge >= 0.3 is 12.4 Å². The van der Waals surface area contributed by atoms with E-state index in [1.54, 1.807) is 0 Å². The second kappa shape index (κ2) is 8.77. The SMILES string of the molecule is COc1ccc(-c2cc(C(F)(F)F)n3nc(C(=O)Nc4cccc(C(F)(F)F)c4)c(Cl)c3n2)cc1. The van der Waals surface area contributed by atoms with Crippen molar-refractivity contribution in [3.05, 3.63) is 76.6 Å². The number of anilines is 1. The van der Waals surface area contributed by atoms with Crippen LogP contribution in [0.25, 0.3) is 16.9 Å². The standard InChI is InChI=1S/C22H13ClF6N4O2/c1-35-14-7-5-11(6-8-14)15-10-16(22(27,28)29)33-19(31-15)17(23)18(32-33)20(34)30-13-4-2-3-12(9-13)21(24,25)26/h2-10H,1H3,(H,30,34). The van der Waals surface area contributed by atoms with Crippen molar-refractivity contribution in [1.82, 2.24) is 14.6 Å². The molecular weight excluding hydrogens is 502 g/mol. The molecule has 6 nitrogen and oxygen atoms in total. The van der Waals surface area contributed by atoms with Crippen molar-refractivity contribution in [1.29, 1.82) is 0 Å². The van der Waals surface area contributed by atoms with E-state index in [2.05, 4.69) is 15.4 Å². The van der Waals surface area contributed by atoms with Crippen molar-refractivity contribution >= 4 is 28.8 Å². The lowest BCUT2D eigenvalue weighted by Crippen LogP contribution is -2.16. The predicted octanol–water partition coefficient (Wildman–Crippen LogP) is 6.35. The molecule has 4 aromatic rings. The zero-order chi connectivity index (χ0) is 25.5. The highest BCUT2D eigenvalue weighted by molar-refractivity contribution is 6.37. The first-order valence-corrected chi connectivity index (χ1v) is 10.1. The first-order valence-electron chi connectivity index (χ1n) is 9.68. The summed E-state index contributed by atoms with van der Waals surface area (Å²) in [5, 5.41) is 5.32. The highest BCUT2D eigenvalue weighted by Gasteiger charge is 2.37. The molecule has 1 N–H and O–H groups in total. The Labute approximate surface area is 198 Å². The Balaban J connectivity index is 1.79. The van der Waals surface area contributed by atoms with E-state index in [1.165, 1.54) is 37.4 Å². The number of aromatic nitrogens is 3. The van der Waals surface area contributed by atoms with E-state index in [0.29, 0.717) is 21.9 Å². The topological polar surface area (TPSA) is 68.5 Å². The number of methoxy groups -OCH3 is 1. The van der Waals surface area contributed by atoms with Crippen LogP contribution in [0.15, 0.2) is 54.6 Å². The second-order valence-electron chi connectivity index (χ2n) is 7.18. The number of ether oxygens (including phenoxy) is 1. The fraction of sp³-hybridized carbons (Fsp3) is 0.136. The van der Waals surface area contributed by atoms with Crippen LogP contribution >= 0.6 is 11.6 Å². The van der Waals surface area contributed by atoms with Gasteiger partial charge in [-0.3, -0.25) is 4.79 Å². The fourth-order valence-corrected chi connectivity index (χ4v) is 3.46. The summed E-state index contributed by atoms with van der Waals surface area (Å²) in [5.74, 6) is -0.638. The predicted molar refractivity (Wildman–Crippen MR) is 114 cm³/mol. The summed E-state index contributed by atoms with van der Waals surface area (Å²) < 4.78 is 85.7. The number of halogens is 7. The molecule has 0 saturated heterocycles. The van der Waals surface area contributed by atoms with Crippen LogP contribution in [-0.4, -0.2) is 27.6 Å². The lowest BCUT2D eigenvalue weighted by atomic mass is 10.1. The molecule has 0 aliphatic rings. The van der Waals surface area contributed by atoms with E-state index in [0.717, 1.165) is 18.2 Å². The van der Waals surface area contributed by atoms with E-state index in [1.807, 2.05) is 0 Å². The van der Waals surface area contributed by atoms with E-state index in [9.17, 15) is 31.1 Å². The van der Waals surface area contributed by atoms with E-state index < -0.39 is 45.9 Å². The molecule has 2 heterocycles. The Morgan fingerprint density at radius 3 is 2.29 bits per heavy atom. The highest BCUT2D eigenvalue weighted by atomic mass is 35.5. The van der Waals surface area contributed by atoms with Gasteiger partial charge in [-0.2, -0.15) is 31.4 Å². The molecule has 4 rings (SSSR count). The van der Waals surface area contributed by atoms with Gasteiger partial charge in [0.15, 0.2) is 17.0 Å². The van der Waals surface area contributed by atoms with E-state index in [4.69, 9.17) is 16.3 Å². The van der Waals surface area contributed by atoms with Crippen LogP contribution in [0, 0.1) is 0 Å². The van der Waals surface area contributed by atoms with Gasteiger partial charge in [0.2, 0.25) is 0 Å². The first-order chi connectivity index (χ1) is 16.4. The van der Waals surface area contributed by atoms with Gasteiger partial charge in [0.05, 0.1) is 18.4 Å². The molecule has 2 aromatic carbocycles.